The first kappa shape index (κ1) is 10.1. The molecule has 4 heteroatoms. The zero-order chi connectivity index (χ0) is 10.0. The van der Waals surface area contributed by atoms with E-state index < -0.39 is 5.97 Å². The zero-order valence-electron chi connectivity index (χ0n) is 7.70. The molecule has 1 aromatic heterocycles. The second-order valence-electron chi connectivity index (χ2n) is 3.41. The molecule has 3 nitrogen and oxygen atoms in total. The second-order valence-corrected chi connectivity index (χ2v) is 4.49. The summed E-state index contributed by atoms with van der Waals surface area (Å²) in [5.74, 6) is -0.426. The fourth-order valence-corrected chi connectivity index (χ4v) is 2.02. The van der Waals surface area contributed by atoms with Gasteiger partial charge in [-0.3, -0.25) is 0 Å². The van der Waals surface area contributed by atoms with Gasteiger partial charge in [-0.15, -0.1) is 11.3 Å². The Labute approximate surface area is 81.2 Å². The smallest absolute Gasteiger partial charge is 0.346 e. The van der Waals surface area contributed by atoms with Gasteiger partial charge in [-0.25, -0.2) is 4.79 Å². The SMILES string of the molecule is CC(C)Cc1cc(N)sc1C(=O)O. The average molecular weight is 199 g/mol. The van der Waals surface area contributed by atoms with Crippen LogP contribution in [0.5, 0.6) is 0 Å². The van der Waals surface area contributed by atoms with Crippen molar-refractivity contribution in [3.8, 4) is 0 Å². The van der Waals surface area contributed by atoms with Crippen LogP contribution in [0, 0.1) is 5.92 Å². The predicted molar refractivity (Wildman–Crippen MR) is 54.2 cm³/mol. The molecule has 0 aliphatic heterocycles. The lowest BCUT2D eigenvalue weighted by Crippen LogP contribution is -2.00. The van der Waals surface area contributed by atoms with Crippen LogP contribution in [0.2, 0.25) is 0 Å². The molecule has 0 aliphatic rings. The largest absolute Gasteiger partial charge is 0.477 e. The standard InChI is InChI=1S/C9H13NO2S/c1-5(2)3-6-4-7(10)13-8(6)9(11)12/h4-5H,3,10H2,1-2H3,(H,11,12). The highest BCUT2D eigenvalue weighted by Crippen LogP contribution is 2.26. The van der Waals surface area contributed by atoms with Gasteiger partial charge in [-0.1, -0.05) is 13.8 Å². The first-order valence-corrected chi connectivity index (χ1v) is 4.94. The van der Waals surface area contributed by atoms with E-state index in [0.717, 1.165) is 23.3 Å². The number of hydrogen-bond acceptors (Lipinski definition) is 3. The van der Waals surface area contributed by atoms with Gasteiger partial charge in [0.05, 0.1) is 5.00 Å². The van der Waals surface area contributed by atoms with Crippen molar-refractivity contribution < 1.29 is 9.90 Å². The molecule has 3 N–H and O–H groups in total. The summed E-state index contributed by atoms with van der Waals surface area (Å²) in [5, 5.41) is 9.42. The van der Waals surface area contributed by atoms with E-state index in [1.54, 1.807) is 6.07 Å². The monoisotopic (exact) mass is 199 g/mol. The molecular weight excluding hydrogens is 186 g/mol. The number of nitrogens with two attached hydrogens (primary N) is 1. The van der Waals surface area contributed by atoms with Crippen molar-refractivity contribution in [1.29, 1.82) is 0 Å². The van der Waals surface area contributed by atoms with E-state index in [1.807, 2.05) is 0 Å². The molecule has 0 radical (unpaired) electrons. The molecule has 0 atom stereocenters. The average Bonchev–Trinajstić information content (AvgIpc) is 2.29. The lowest BCUT2D eigenvalue weighted by atomic mass is 10.0. The Bertz CT molecular complexity index is 317. The molecule has 0 aromatic carbocycles. The highest BCUT2D eigenvalue weighted by atomic mass is 32.1. The molecule has 0 fully saturated rings. The molecule has 1 aromatic rings. The molecule has 1 rings (SSSR count). The van der Waals surface area contributed by atoms with Crippen molar-refractivity contribution in [3.63, 3.8) is 0 Å². The molecular formula is C9H13NO2S. The maximum absolute atomic E-state index is 10.8. The molecule has 1 heterocycles. The third-order valence-electron chi connectivity index (χ3n) is 1.65. The Morgan fingerprint density at radius 1 is 1.69 bits per heavy atom. The van der Waals surface area contributed by atoms with Gasteiger partial charge in [0, 0.05) is 0 Å². The lowest BCUT2D eigenvalue weighted by molar-refractivity contribution is 0.0701. The van der Waals surface area contributed by atoms with Crippen LogP contribution >= 0.6 is 11.3 Å². The van der Waals surface area contributed by atoms with Crippen molar-refractivity contribution in [2.75, 3.05) is 5.73 Å². The van der Waals surface area contributed by atoms with E-state index in [0.29, 0.717) is 15.8 Å². The van der Waals surface area contributed by atoms with Crippen molar-refractivity contribution in [2.24, 2.45) is 5.92 Å². The number of rotatable bonds is 3. The molecule has 0 bridgehead atoms. The summed E-state index contributed by atoms with van der Waals surface area (Å²) in [6, 6.07) is 1.76. The Balaban J connectivity index is 2.97. The van der Waals surface area contributed by atoms with Crippen molar-refractivity contribution >= 4 is 22.3 Å². The summed E-state index contributed by atoms with van der Waals surface area (Å²) < 4.78 is 0. The predicted octanol–water partition coefficient (Wildman–Crippen LogP) is 2.23. The summed E-state index contributed by atoms with van der Waals surface area (Å²) in [6.45, 7) is 4.11. The molecule has 0 aliphatic carbocycles. The fourth-order valence-electron chi connectivity index (χ4n) is 1.22. The molecule has 0 unspecified atom stereocenters. The summed E-state index contributed by atoms with van der Waals surface area (Å²) in [4.78, 5) is 11.2. The maximum Gasteiger partial charge on any atom is 0.346 e. The third kappa shape index (κ3) is 2.45. The number of hydrogen-bond donors (Lipinski definition) is 2. The minimum absolute atomic E-state index is 0.381. The van der Waals surface area contributed by atoms with Crippen molar-refractivity contribution in [2.45, 2.75) is 20.3 Å². The number of anilines is 1. The molecule has 72 valence electrons. The van der Waals surface area contributed by atoms with Crippen molar-refractivity contribution in [1.82, 2.24) is 0 Å². The summed E-state index contributed by atoms with van der Waals surface area (Å²) in [6.07, 6.45) is 0.773. The van der Waals surface area contributed by atoms with Crippen LogP contribution in [0.4, 0.5) is 5.00 Å². The Morgan fingerprint density at radius 3 is 2.77 bits per heavy atom. The number of thiophene rings is 1. The van der Waals surface area contributed by atoms with E-state index >= 15 is 0 Å². The molecule has 0 spiro atoms. The lowest BCUT2D eigenvalue weighted by Gasteiger charge is -2.02. The summed E-state index contributed by atoms with van der Waals surface area (Å²) in [7, 11) is 0. The van der Waals surface area contributed by atoms with Gasteiger partial charge in [-0.05, 0) is 24.0 Å². The van der Waals surface area contributed by atoms with E-state index in [-0.39, 0.29) is 0 Å². The number of carboxylic acid groups (broad SMARTS) is 1. The van der Waals surface area contributed by atoms with E-state index in [1.165, 1.54) is 0 Å². The van der Waals surface area contributed by atoms with Crippen LogP contribution in [0.25, 0.3) is 0 Å². The van der Waals surface area contributed by atoms with Crippen LogP contribution in [0.15, 0.2) is 6.07 Å². The Morgan fingerprint density at radius 2 is 2.31 bits per heavy atom. The highest BCUT2D eigenvalue weighted by Gasteiger charge is 2.14. The molecule has 13 heavy (non-hydrogen) atoms. The van der Waals surface area contributed by atoms with Gasteiger partial charge in [0.2, 0.25) is 0 Å². The van der Waals surface area contributed by atoms with Crippen molar-refractivity contribution in [3.05, 3.63) is 16.5 Å². The summed E-state index contributed by atoms with van der Waals surface area (Å²) >= 11 is 1.14. The summed E-state index contributed by atoms with van der Waals surface area (Å²) in [5.41, 5.74) is 6.40. The number of aromatic carboxylic acids is 1. The quantitative estimate of drug-likeness (QED) is 0.784. The van der Waals surface area contributed by atoms with E-state index in [9.17, 15) is 4.79 Å². The zero-order valence-corrected chi connectivity index (χ0v) is 8.52. The van der Waals surface area contributed by atoms with Gasteiger partial charge in [0.25, 0.3) is 0 Å². The number of nitrogen functional groups attached to an aromatic ring is 1. The van der Waals surface area contributed by atoms with Crippen LogP contribution in [0.1, 0.15) is 29.1 Å². The van der Waals surface area contributed by atoms with Crippen LogP contribution in [-0.4, -0.2) is 11.1 Å². The topological polar surface area (TPSA) is 63.3 Å². The highest BCUT2D eigenvalue weighted by molar-refractivity contribution is 7.17. The minimum atomic E-state index is -0.877. The van der Waals surface area contributed by atoms with Gasteiger partial charge < -0.3 is 10.8 Å². The number of carboxylic acids is 1. The Hall–Kier alpha value is -1.03. The number of carbonyl (C=O) groups is 1. The first-order chi connectivity index (χ1) is 6.00. The van der Waals surface area contributed by atoms with E-state index in [2.05, 4.69) is 13.8 Å². The van der Waals surface area contributed by atoms with Crippen LogP contribution in [-0.2, 0) is 6.42 Å². The van der Waals surface area contributed by atoms with Gasteiger partial charge in [0.1, 0.15) is 4.88 Å². The molecule has 0 saturated heterocycles. The first-order valence-electron chi connectivity index (χ1n) is 4.12. The molecule has 0 amide bonds. The van der Waals surface area contributed by atoms with Crippen LogP contribution < -0.4 is 5.73 Å². The minimum Gasteiger partial charge on any atom is -0.477 e. The van der Waals surface area contributed by atoms with Gasteiger partial charge in [-0.2, -0.15) is 0 Å². The fraction of sp³-hybridized carbons (Fsp3) is 0.444. The van der Waals surface area contributed by atoms with Crippen LogP contribution in [0.3, 0.4) is 0 Å². The normalized spacial score (nSPS) is 10.7. The third-order valence-corrected chi connectivity index (χ3v) is 2.64. The van der Waals surface area contributed by atoms with Gasteiger partial charge in [0.15, 0.2) is 0 Å². The maximum atomic E-state index is 10.8. The van der Waals surface area contributed by atoms with E-state index in [4.69, 9.17) is 10.8 Å². The Kier molecular flexibility index (Phi) is 2.93. The van der Waals surface area contributed by atoms with Gasteiger partial charge >= 0.3 is 5.97 Å². The molecule has 0 saturated carbocycles. The second kappa shape index (κ2) is 3.79.